The minimum Gasteiger partial charge on any atom is -0.329 e. The van der Waals surface area contributed by atoms with Crippen molar-refractivity contribution in [2.24, 2.45) is 5.73 Å². The van der Waals surface area contributed by atoms with E-state index in [4.69, 9.17) is 5.73 Å². The predicted octanol–water partition coefficient (Wildman–Crippen LogP) is 2.51. The van der Waals surface area contributed by atoms with Crippen LogP contribution in [0, 0.1) is 17.0 Å². The van der Waals surface area contributed by atoms with E-state index in [0.29, 0.717) is 23.3 Å². The lowest BCUT2D eigenvalue weighted by molar-refractivity contribution is -0.385. The molecule has 0 amide bonds. The molecule has 0 spiro atoms. The van der Waals surface area contributed by atoms with E-state index in [0.717, 1.165) is 16.5 Å². The molecule has 2 rings (SSSR count). The fourth-order valence-corrected chi connectivity index (χ4v) is 3.55. The van der Waals surface area contributed by atoms with Crippen molar-refractivity contribution >= 4 is 33.4 Å². The van der Waals surface area contributed by atoms with Crippen molar-refractivity contribution in [2.75, 3.05) is 6.54 Å². The number of hydrogen-bond donors (Lipinski definition) is 1. The highest BCUT2D eigenvalue weighted by molar-refractivity contribution is 9.10. The number of thioether (sulfide) groups is 1. The van der Waals surface area contributed by atoms with Crippen LogP contribution in [0.2, 0.25) is 0 Å². The summed E-state index contributed by atoms with van der Waals surface area (Å²) in [6.07, 6.45) is 0. The van der Waals surface area contributed by atoms with Crippen molar-refractivity contribution in [2.45, 2.75) is 24.4 Å². The molecule has 0 atom stereocenters. The first-order valence-corrected chi connectivity index (χ1v) is 7.97. The number of halogens is 1. The molecule has 9 heteroatoms. The molecule has 7 nitrogen and oxygen atoms in total. The number of nitrogens with zero attached hydrogens (tertiary/aromatic N) is 4. The monoisotopic (exact) mass is 371 g/mol. The lowest BCUT2D eigenvalue weighted by Gasteiger charge is -2.07. The molecule has 0 saturated carbocycles. The van der Waals surface area contributed by atoms with E-state index in [1.165, 1.54) is 17.8 Å². The number of nitrogens with two attached hydrogens (primary N) is 1. The summed E-state index contributed by atoms with van der Waals surface area (Å²) < 4.78 is 2.44. The Morgan fingerprint density at radius 2 is 2.24 bits per heavy atom. The predicted molar refractivity (Wildman–Crippen MR) is 84.2 cm³/mol. The van der Waals surface area contributed by atoms with Crippen LogP contribution in [0.5, 0.6) is 0 Å². The topological polar surface area (TPSA) is 99.9 Å². The largest absolute Gasteiger partial charge is 0.329 e. The highest BCUT2D eigenvalue weighted by Gasteiger charge is 2.16. The number of nitro groups is 1. The van der Waals surface area contributed by atoms with Crippen molar-refractivity contribution in [3.8, 4) is 0 Å². The summed E-state index contributed by atoms with van der Waals surface area (Å²) >= 11 is 4.77. The molecule has 2 aromatic rings. The zero-order valence-corrected chi connectivity index (χ0v) is 13.7. The van der Waals surface area contributed by atoms with Crippen LogP contribution >= 0.6 is 27.7 Å². The highest BCUT2D eigenvalue weighted by Crippen LogP contribution is 2.32. The second kappa shape index (κ2) is 7.01. The quantitative estimate of drug-likeness (QED) is 0.475. The molecule has 1 heterocycles. The Bertz CT molecular complexity index is 661. The van der Waals surface area contributed by atoms with Crippen molar-refractivity contribution in [3.05, 3.63) is 44.2 Å². The Morgan fingerprint density at radius 1 is 1.48 bits per heavy atom. The van der Waals surface area contributed by atoms with Gasteiger partial charge in [0.25, 0.3) is 5.69 Å². The third-order valence-electron chi connectivity index (χ3n) is 2.87. The SMILES string of the molecule is Cc1nnc(SCc2cccc([N+](=O)[O-])c2Br)n1CCN. The number of hydrogen-bond acceptors (Lipinski definition) is 6. The third-order valence-corrected chi connectivity index (χ3v) is 4.80. The van der Waals surface area contributed by atoms with Gasteiger partial charge in [0.2, 0.25) is 0 Å². The standard InChI is InChI=1S/C12H14BrN5O2S/c1-8-15-16-12(17(8)6-5-14)21-7-9-3-2-4-10(11(9)13)18(19)20/h2-4H,5-7,14H2,1H3. The van der Waals surface area contributed by atoms with Crippen molar-refractivity contribution < 1.29 is 4.92 Å². The van der Waals surface area contributed by atoms with Crippen molar-refractivity contribution in [3.63, 3.8) is 0 Å². The number of aromatic nitrogens is 3. The zero-order chi connectivity index (χ0) is 15.4. The normalized spacial score (nSPS) is 10.8. The average molecular weight is 372 g/mol. The second-order valence-electron chi connectivity index (χ2n) is 4.27. The smallest absolute Gasteiger partial charge is 0.283 e. The molecular weight excluding hydrogens is 358 g/mol. The minimum absolute atomic E-state index is 0.0627. The summed E-state index contributed by atoms with van der Waals surface area (Å²) in [7, 11) is 0. The van der Waals surface area contributed by atoms with E-state index in [-0.39, 0.29) is 5.69 Å². The summed E-state index contributed by atoms with van der Waals surface area (Å²) in [6.45, 7) is 3.03. The number of benzene rings is 1. The Hall–Kier alpha value is -1.45. The van der Waals surface area contributed by atoms with Gasteiger partial charge in [-0.3, -0.25) is 10.1 Å². The van der Waals surface area contributed by atoms with Crippen LogP contribution in [0.3, 0.4) is 0 Å². The van der Waals surface area contributed by atoms with Crippen LogP contribution in [0.15, 0.2) is 27.8 Å². The fraction of sp³-hybridized carbons (Fsp3) is 0.333. The van der Waals surface area contributed by atoms with Gasteiger partial charge in [0.05, 0.1) is 9.40 Å². The lowest BCUT2D eigenvalue weighted by Crippen LogP contribution is -2.12. The average Bonchev–Trinajstić information content (AvgIpc) is 2.79. The molecule has 2 N–H and O–H groups in total. The maximum Gasteiger partial charge on any atom is 0.283 e. The first-order valence-electron chi connectivity index (χ1n) is 6.19. The molecule has 0 fully saturated rings. The molecule has 0 aliphatic rings. The maximum atomic E-state index is 10.9. The van der Waals surface area contributed by atoms with Gasteiger partial charge in [-0.1, -0.05) is 23.9 Å². The van der Waals surface area contributed by atoms with Gasteiger partial charge in [-0.25, -0.2) is 0 Å². The van der Waals surface area contributed by atoms with Gasteiger partial charge in [-0.15, -0.1) is 10.2 Å². The molecular formula is C12H14BrN5O2S. The van der Waals surface area contributed by atoms with E-state index in [1.807, 2.05) is 17.6 Å². The van der Waals surface area contributed by atoms with E-state index < -0.39 is 4.92 Å². The van der Waals surface area contributed by atoms with E-state index in [9.17, 15) is 10.1 Å². The maximum absolute atomic E-state index is 10.9. The van der Waals surface area contributed by atoms with Crippen LogP contribution < -0.4 is 5.73 Å². The molecule has 1 aromatic heterocycles. The van der Waals surface area contributed by atoms with Gasteiger partial charge in [0.15, 0.2) is 5.16 Å². The zero-order valence-electron chi connectivity index (χ0n) is 11.3. The number of nitro benzene ring substituents is 1. The Balaban J connectivity index is 2.17. The molecule has 1 aromatic carbocycles. The van der Waals surface area contributed by atoms with Crippen LogP contribution in [-0.2, 0) is 12.3 Å². The molecule has 0 radical (unpaired) electrons. The van der Waals surface area contributed by atoms with Crippen molar-refractivity contribution in [1.29, 1.82) is 0 Å². The van der Waals surface area contributed by atoms with E-state index >= 15 is 0 Å². The summed E-state index contributed by atoms with van der Waals surface area (Å²) in [5.74, 6) is 1.37. The van der Waals surface area contributed by atoms with E-state index in [2.05, 4.69) is 26.1 Å². The van der Waals surface area contributed by atoms with Gasteiger partial charge in [-0.2, -0.15) is 0 Å². The summed E-state index contributed by atoms with van der Waals surface area (Å²) in [4.78, 5) is 10.5. The minimum atomic E-state index is -0.403. The van der Waals surface area contributed by atoms with Crippen molar-refractivity contribution in [1.82, 2.24) is 14.8 Å². The van der Waals surface area contributed by atoms with Crippen LogP contribution in [-0.4, -0.2) is 26.2 Å². The second-order valence-corrected chi connectivity index (χ2v) is 6.00. The summed E-state index contributed by atoms with van der Waals surface area (Å²) in [5.41, 5.74) is 6.48. The van der Waals surface area contributed by atoms with Crippen LogP contribution in [0.4, 0.5) is 5.69 Å². The number of aryl methyl sites for hydroxylation is 1. The Morgan fingerprint density at radius 3 is 2.90 bits per heavy atom. The molecule has 0 unspecified atom stereocenters. The number of rotatable bonds is 6. The Labute approximate surface area is 134 Å². The van der Waals surface area contributed by atoms with Gasteiger partial charge < -0.3 is 10.3 Å². The highest BCUT2D eigenvalue weighted by atomic mass is 79.9. The van der Waals surface area contributed by atoms with Gasteiger partial charge in [0, 0.05) is 24.9 Å². The van der Waals surface area contributed by atoms with Gasteiger partial charge in [-0.05, 0) is 28.4 Å². The lowest BCUT2D eigenvalue weighted by atomic mass is 10.2. The van der Waals surface area contributed by atoms with Gasteiger partial charge in [0.1, 0.15) is 5.82 Å². The summed E-state index contributed by atoms with van der Waals surface area (Å²) in [5, 5.41) is 19.8. The Kier molecular flexibility index (Phi) is 5.32. The molecule has 0 saturated heterocycles. The van der Waals surface area contributed by atoms with E-state index in [1.54, 1.807) is 6.07 Å². The fourth-order valence-electron chi connectivity index (χ4n) is 1.82. The summed E-state index contributed by atoms with van der Waals surface area (Å²) in [6, 6.07) is 4.99. The first kappa shape index (κ1) is 15.9. The molecule has 112 valence electrons. The molecule has 0 aliphatic carbocycles. The molecule has 21 heavy (non-hydrogen) atoms. The molecule has 0 aliphatic heterocycles. The third kappa shape index (κ3) is 3.60. The molecule has 0 bridgehead atoms. The first-order chi connectivity index (χ1) is 10.0. The van der Waals surface area contributed by atoms with Crippen LogP contribution in [0.25, 0.3) is 0 Å². The van der Waals surface area contributed by atoms with Gasteiger partial charge >= 0.3 is 0 Å². The van der Waals surface area contributed by atoms with Crippen LogP contribution in [0.1, 0.15) is 11.4 Å².